The maximum Gasteiger partial charge on any atom is 0.411 e. The molecular weight excluding hydrogens is 229 g/mol. The summed E-state index contributed by atoms with van der Waals surface area (Å²) in [7, 11) is 1.39. The lowest BCUT2D eigenvalue weighted by atomic mass is 10.3. The van der Waals surface area contributed by atoms with Crippen LogP contribution >= 0.6 is 0 Å². The van der Waals surface area contributed by atoms with Gasteiger partial charge in [0.05, 0.1) is 12.3 Å². The van der Waals surface area contributed by atoms with Crippen LogP contribution < -0.4 is 0 Å². The van der Waals surface area contributed by atoms with Gasteiger partial charge in [-0.3, -0.25) is 4.68 Å². The molecule has 5 nitrogen and oxygen atoms in total. The highest BCUT2D eigenvalue weighted by atomic mass is 19.4. The summed E-state index contributed by atoms with van der Waals surface area (Å²) in [6.07, 6.45) is -4.40. The molecule has 16 heavy (non-hydrogen) atoms. The number of carbonyl (C=O) groups is 1. The maximum absolute atomic E-state index is 11.7. The number of aromatic carboxylic acids is 1. The molecule has 0 aliphatic heterocycles. The average molecular weight is 238 g/mol. The van der Waals surface area contributed by atoms with Gasteiger partial charge in [0, 0.05) is 7.05 Å². The van der Waals surface area contributed by atoms with Gasteiger partial charge in [0.1, 0.15) is 12.3 Å². The first kappa shape index (κ1) is 12.5. The summed E-state index contributed by atoms with van der Waals surface area (Å²) < 4.78 is 40.6. The van der Waals surface area contributed by atoms with Crippen LogP contribution in [0.4, 0.5) is 13.2 Å². The SMILES string of the molecule is Cn1nc(COCC(F)(F)F)cc1C(=O)O. The van der Waals surface area contributed by atoms with E-state index in [9.17, 15) is 18.0 Å². The molecule has 0 aliphatic carbocycles. The third-order valence-electron chi connectivity index (χ3n) is 1.67. The summed E-state index contributed by atoms with van der Waals surface area (Å²) in [4.78, 5) is 10.6. The fourth-order valence-electron chi connectivity index (χ4n) is 1.07. The van der Waals surface area contributed by atoms with E-state index in [1.54, 1.807) is 0 Å². The number of aromatic nitrogens is 2. The minimum atomic E-state index is -4.40. The molecule has 90 valence electrons. The first-order chi connectivity index (χ1) is 7.29. The summed E-state index contributed by atoms with van der Waals surface area (Å²) in [5.74, 6) is -1.20. The molecule has 0 aliphatic rings. The highest BCUT2D eigenvalue weighted by molar-refractivity contribution is 5.85. The van der Waals surface area contributed by atoms with Crippen molar-refractivity contribution < 1.29 is 27.8 Å². The first-order valence-corrected chi connectivity index (χ1v) is 4.20. The molecule has 1 heterocycles. The van der Waals surface area contributed by atoms with Crippen LogP contribution in [-0.4, -0.2) is 33.6 Å². The number of ether oxygens (including phenoxy) is 1. The Bertz CT molecular complexity index is 386. The monoisotopic (exact) mass is 238 g/mol. The van der Waals surface area contributed by atoms with E-state index in [2.05, 4.69) is 9.84 Å². The van der Waals surface area contributed by atoms with Gasteiger partial charge in [-0.2, -0.15) is 18.3 Å². The van der Waals surface area contributed by atoms with Gasteiger partial charge in [0.15, 0.2) is 0 Å². The smallest absolute Gasteiger partial charge is 0.411 e. The van der Waals surface area contributed by atoms with Gasteiger partial charge in [0.2, 0.25) is 0 Å². The van der Waals surface area contributed by atoms with Gasteiger partial charge in [-0.05, 0) is 6.07 Å². The van der Waals surface area contributed by atoms with Crippen LogP contribution in [0.5, 0.6) is 0 Å². The van der Waals surface area contributed by atoms with E-state index in [0.717, 1.165) is 4.68 Å². The van der Waals surface area contributed by atoms with E-state index in [1.807, 2.05) is 0 Å². The molecule has 0 saturated carbocycles. The van der Waals surface area contributed by atoms with E-state index in [0.29, 0.717) is 0 Å². The molecule has 0 atom stereocenters. The molecular formula is C8H9F3N2O3. The molecule has 0 bridgehead atoms. The molecule has 0 fully saturated rings. The van der Waals surface area contributed by atoms with Crippen LogP contribution in [0, 0.1) is 0 Å². The normalized spacial score (nSPS) is 11.8. The number of alkyl halides is 3. The van der Waals surface area contributed by atoms with Gasteiger partial charge >= 0.3 is 12.1 Å². The Kier molecular flexibility index (Phi) is 3.53. The van der Waals surface area contributed by atoms with Crippen molar-refractivity contribution >= 4 is 5.97 Å². The minimum Gasteiger partial charge on any atom is -0.477 e. The second-order valence-corrected chi connectivity index (χ2v) is 3.06. The van der Waals surface area contributed by atoms with E-state index in [1.165, 1.54) is 13.1 Å². The quantitative estimate of drug-likeness (QED) is 0.855. The van der Waals surface area contributed by atoms with Gasteiger partial charge < -0.3 is 9.84 Å². The van der Waals surface area contributed by atoms with Crippen molar-refractivity contribution in [2.45, 2.75) is 12.8 Å². The highest BCUT2D eigenvalue weighted by Crippen LogP contribution is 2.15. The van der Waals surface area contributed by atoms with Crippen molar-refractivity contribution in [3.63, 3.8) is 0 Å². The first-order valence-electron chi connectivity index (χ1n) is 4.20. The summed E-state index contributed by atoms with van der Waals surface area (Å²) in [5.41, 5.74) is 0.0368. The van der Waals surface area contributed by atoms with Gasteiger partial charge in [-0.15, -0.1) is 0 Å². The van der Waals surface area contributed by atoms with E-state index in [4.69, 9.17) is 5.11 Å². The molecule has 0 radical (unpaired) electrons. The lowest BCUT2D eigenvalue weighted by Gasteiger charge is -2.05. The Morgan fingerprint density at radius 2 is 2.25 bits per heavy atom. The zero-order chi connectivity index (χ0) is 12.3. The summed E-state index contributed by atoms with van der Waals surface area (Å²) >= 11 is 0. The predicted octanol–water partition coefficient (Wildman–Crippen LogP) is 1.20. The topological polar surface area (TPSA) is 64.4 Å². The van der Waals surface area contributed by atoms with Crippen molar-refractivity contribution in [3.05, 3.63) is 17.5 Å². The number of aryl methyl sites for hydroxylation is 1. The fraction of sp³-hybridized carbons (Fsp3) is 0.500. The Hall–Kier alpha value is -1.57. The molecule has 1 rings (SSSR count). The van der Waals surface area contributed by atoms with Crippen molar-refractivity contribution in [1.29, 1.82) is 0 Å². The van der Waals surface area contributed by atoms with E-state index >= 15 is 0 Å². The average Bonchev–Trinajstić information content (AvgIpc) is 2.44. The molecule has 8 heteroatoms. The Morgan fingerprint density at radius 3 is 2.69 bits per heavy atom. The van der Waals surface area contributed by atoms with Crippen LogP contribution in [0.3, 0.4) is 0 Å². The largest absolute Gasteiger partial charge is 0.477 e. The lowest BCUT2D eigenvalue weighted by molar-refractivity contribution is -0.176. The van der Waals surface area contributed by atoms with Crippen LogP contribution in [0.1, 0.15) is 16.2 Å². The van der Waals surface area contributed by atoms with E-state index in [-0.39, 0.29) is 18.0 Å². The molecule has 1 aromatic rings. The molecule has 1 N–H and O–H groups in total. The van der Waals surface area contributed by atoms with Gasteiger partial charge in [-0.25, -0.2) is 4.79 Å². The zero-order valence-electron chi connectivity index (χ0n) is 8.28. The third-order valence-corrected chi connectivity index (χ3v) is 1.67. The maximum atomic E-state index is 11.7. The van der Waals surface area contributed by atoms with Crippen LogP contribution in [0.25, 0.3) is 0 Å². The third kappa shape index (κ3) is 3.54. The zero-order valence-corrected chi connectivity index (χ0v) is 8.28. The second-order valence-electron chi connectivity index (χ2n) is 3.06. The minimum absolute atomic E-state index is 0.106. The molecule has 0 aromatic carbocycles. The van der Waals surface area contributed by atoms with Crippen molar-refractivity contribution in [1.82, 2.24) is 9.78 Å². The van der Waals surface area contributed by atoms with Crippen LogP contribution in [0.15, 0.2) is 6.07 Å². The van der Waals surface area contributed by atoms with Crippen molar-refractivity contribution in [3.8, 4) is 0 Å². The van der Waals surface area contributed by atoms with E-state index < -0.39 is 18.8 Å². The van der Waals surface area contributed by atoms with Crippen LogP contribution in [0.2, 0.25) is 0 Å². The number of nitrogens with zero attached hydrogens (tertiary/aromatic N) is 2. The van der Waals surface area contributed by atoms with Crippen molar-refractivity contribution in [2.24, 2.45) is 7.05 Å². The van der Waals surface area contributed by atoms with Gasteiger partial charge in [-0.1, -0.05) is 0 Å². The Balaban J connectivity index is 2.56. The fourth-order valence-corrected chi connectivity index (χ4v) is 1.07. The van der Waals surface area contributed by atoms with Crippen molar-refractivity contribution in [2.75, 3.05) is 6.61 Å². The van der Waals surface area contributed by atoms with Gasteiger partial charge in [0.25, 0.3) is 0 Å². The highest BCUT2D eigenvalue weighted by Gasteiger charge is 2.27. The Morgan fingerprint density at radius 1 is 1.62 bits per heavy atom. The van der Waals surface area contributed by atoms with Crippen LogP contribution in [-0.2, 0) is 18.4 Å². The predicted molar refractivity (Wildman–Crippen MR) is 45.9 cm³/mol. The second kappa shape index (κ2) is 4.52. The molecule has 0 unspecified atom stereocenters. The standard InChI is InChI=1S/C8H9F3N2O3/c1-13-6(7(14)15)2-5(12-13)3-16-4-8(9,10)11/h2H,3-4H2,1H3,(H,14,15). The molecule has 0 saturated heterocycles. The number of carboxylic acid groups (broad SMARTS) is 1. The number of rotatable bonds is 4. The summed E-state index contributed by atoms with van der Waals surface area (Å²) in [6.45, 7) is -1.76. The molecule has 1 aromatic heterocycles. The molecule has 0 spiro atoms. The lowest BCUT2D eigenvalue weighted by Crippen LogP contribution is -2.16. The Labute approximate surface area is 88.4 Å². The summed E-state index contributed by atoms with van der Waals surface area (Å²) in [5, 5.41) is 12.3. The number of hydrogen-bond donors (Lipinski definition) is 1. The summed E-state index contributed by atoms with van der Waals surface area (Å²) in [6, 6.07) is 1.17. The molecule has 0 amide bonds. The number of halogens is 3. The number of carboxylic acids is 1. The number of hydrogen-bond acceptors (Lipinski definition) is 3.